The van der Waals surface area contributed by atoms with Gasteiger partial charge in [-0.25, -0.2) is 17.9 Å². The largest absolute Gasteiger partial charge is 0.493 e. The summed E-state index contributed by atoms with van der Waals surface area (Å²) in [5.74, 6) is 0.652. The summed E-state index contributed by atoms with van der Waals surface area (Å²) in [6.07, 6.45) is 0.498. The van der Waals surface area contributed by atoms with Crippen LogP contribution in [0.4, 0.5) is 0 Å². The number of nitrogens with one attached hydrogen (secondary N) is 3. The van der Waals surface area contributed by atoms with Crippen molar-refractivity contribution < 1.29 is 13.2 Å². The fourth-order valence-electron chi connectivity index (χ4n) is 3.03. The lowest BCUT2D eigenvalue weighted by atomic mass is 10.0. The number of benzene rings is 2. The maximum atomic E-state index is 12.8. The second kappa shape index (κ2) is 6.11. The van der Waals surface area contributed by atoms with Crippen molar-refractivity contribution in [2.45, 2.75) is 17.4 Å². The van der Waals surface area contributed by atoms with E-state index in [1.807, 2.05) is 18.2 Å². The Morgan fingerprint density at radius 1 is 1.08 bits per heavy atom. The molecule has 4 rings (SSSR count). The molecule has 0 saturated heterocycles. The Kier molecular flexibility index (Phi) is 3.89. The fourth-order valence-corrected chi connectivity index (χ4v) is 4.31. The summed E-state index contributed by atoms with van der Waals surface area (Å²) in [4.78, 5) is 27.7. The number of aromatic amines is 2. The van der Waals surface area contributed by atoms with Crippen molar-refractivity contribution in [3.63, 3.8) is 0 Å². The first-order chi connectivity index (χ1) is 12.4. The molecule has 1 unspecified atom stereocenters. The maximum Gasteiger partial charge on any atom is 0.326 e. The molecule has 8 nitrogen and oxygen atoms in total. The van der Waals surface area contributed by atoms with Crippen LogP contribution in [-0.2, 0) is 10.0 Å². The van der Waals surface area contributed by atoms with Crippen molar-refractivity contribution >= 4 is 20.9 Å². The van der Waals surface area contributed by atoms with Crippen LogP contribution in [0.25, 0.3) is 10.9 Å². The molecule has 1 aromatic heterocycles. The number of ether oxygens (including phenoxy) is 1. The van der Waals surface area contributed by atoms with Crippen molar-refractivity contribution in [1.82, 2.24) is 14.7 Å². The highest BCUT2D eigenvalue weighted by Crippen LogP contribution is 2.32. The van der Waals surface area contributed by atoms with Gasteiger partial charge in [-0.2, -0.15) is 0 Å². The minimum Gasteiger partial charge on any atom is -0.493 e. The van der Waals surface area contributed by atoms with Crippen LogP contribution in [0.3, 0.4) is 0 Å². The normalized spacial score (nSPS) is 16.8. The van der Waals surface area contributed by atoms with Gasteiger partial charge in [0.05, 0.1) is 28.4 Å². The van der Waals surface area contributed by atoms with Crippen molar-refractivity contribution in [3.8, 4) is 5.75 Å². The Bertz CT molecular complexity index is 1210. The molecular formula is C17H15N3O5S. The van der Waals surface area contributed by atoms with Crippen LogP contribution in [0.2, 0.25) is 0 Å². The van der Waals surface area contributed by atoms with E-state index in [0.29, 0.717) is 18.8 Å². The summed E-state index contributed by atoms with van der Waals surface area (Å²) in [6, 6.07) is 10.8. The van der Waals surface area contributed by atoms with Crippen molar-refractivity contribution in [2.24, 2.45) is 0 Å². The molecule has 0 radical (unpaired) electrons. The Morgan fingerprint density at radius 3 is 2.73 bits per heavy atom. The van der Waals surface area contributed by atoms with E-state index in [-0.39, 0.29) is 15.8 Å². The van der Waals surface area contributed by atoms with Gasteiger partial charge in [-0.05, 0) is 24.3 Å². The van der Waals surface area contributed by atoms with Gasteiger partial charge in [-0.3, -0.25) is 9.78 Å². The van der Waals surface area contributed by atoms with Crippen LogP contribution in [0.15, 0.2) is 56.9 Å². The maximum absolute atomic E-state index is 12.8. The lowest BCUT2D eigenvalue weighted by molar-refractivity contribution is 0.263. The van der Waals surface area contributed by atoms with Crippen LogP contribution in [0, 0.1) is 0 Å². The molecular weight excluding hydrogens is 358 g/mol. The number of fused-ring (bicyclic) bond motifs is 2. The molecule has 0 amide bonds. The van der Waals surface area contributed by atoms with Gasteiger partial charge in [0.2, 0.25) is 10.0 Å². The lowest BCUT2D eigenvalue weighted by Crippen LogP contribution is -2.32. The number of para-hydroxylation sites is 1. The zero-order chi connectivity index (χ0) is 18.3. The van der Waals surface area contributed by atoms with Crippen LogP contribution >= 0.6 is 0 Å². The average Bonchev–Trinajstić information content (AvgIpc) is 2.61. The molecule has 3 aromatic rings. The first-order valence-corrected chi connectivity index (χ1v) is 9.43. The average molecular weight is 373 g/mol. The third kappa shape index (κ3) is 2.91. The second-order valence-electron chi connectivity index (χ2n) is 5.96. The molecule has 2 heterocycles. The first-order valence-electron chi connectivity index (χ1n) is 7.94. The van der Waals surface area contributed by atoms with E-state index in [9.17, 15) is 18.0 Å². The van der Waals surface area contributed by atoms with Gasteiger partial charge in [0.1, 0.15) is 5.75 Å². The Hall–Kier alpha value is -2.91. The summed E-state index contributed by atoms with van der Waals surface area (Å²) < 4.78 is 33.8. The molecule has 9 heteroatoms. The molecule has 0 fully saturated rings. The number of aromatic nitrogens is 2. The molecule has 0 aliphatic carbocycles. The molecule has 1 aliphatic heterocycles. The predicted octanol–water partition coefficient (Wildman–Crippen LogP) is 1.02. The smallest absolute Gasteiger partial charge is 0.326 e. The van der Waals surface area contributed by atoms with Crippen molar-refractivity contribution in [2.75, 3.05) is 6.61 Å². The fraction of sp³-hybridized carbons (Fsp3) is 0.176. The van der Waals surface area contributed by atoms with E-state index < -0.39 is 27.3 Å². The van der Waals surface area contributed by atoms with Crippen LogP contribution < -0.4 is 20.7 Å². The van der Waals surface area contributed by atoms with E-state index in [0.717, 1.165) is 5.56 Å². The molecule has 3 N–H and O–H groups in total. The number of sulfonamides is 1. The lowest BCUT2D eigenvalue weighted by Gasteiger charge is -2.26. The number of hydrogen-bond donors (Lipinski definition) is 3. The molecule has 2 aromatic carbocycles. The van der Waals surface area contributed by atoms with E-state index >= 15 is 0 Å². The molecule has 1 aliphatic rings. The minimum absolute atomic E-state index is 0.0495. The molecule has 134 valence electrons. The highest BCUT2D eigenvalue weighted by molar-refractivity contribution is 7.89. The Labute approximate surface area is 147 Å². The summed E-state index contributed by atoms with van der Waals surface area (Å²) in [7, 11) is -3.87. The molecule has 0 saturated carbocycles. The third-order valence-electron chi connectivity index (χ3n) is 4.28. The highest BCUT2D eigenvalue weighted by atomic mass is 32.2. The highest BCUT2D eigenvalue weighted by Gasteiger charge is 2.26. The van der Waals surface area contributed by atoms with Crippen molar-refractivity contribution in [3.05, 3.63) is 68.9 Å². The zero-order valence-corrected chi connectivity index (χ0v) is 14.3. The Morgan fingerprint density at radius 2 is 1.88 bits per heavy atom. The molecule has 0 spiro atoms. The first kappa shape index (κ1) is 16.6. The van der Waals surface area contributed by atoms with Gasteiger partial charge in [0.25, 0.3) is 5.56 Å². The SMILES string of the molecule is O=c1[nH]c(=O)c2cc(S(=O)(=O)NC3CCOc4ccccc43)ccc2[nH]1. The molecule has 0 bridgehead atoms. The van der Waals surface area contributed by atoms with E-state index in [1.165, 1.54) is 18.2 Å². The summed E-state index contributed by atoms with van der Waals surface area (Å²) in [6.45, 7) is 0.406. The molecule has 26 heavy (non-hydrogen) atoms. The predicted molar refractivity (Wildman–Crippen MR) is 94.8 cm³/mol. The van der Waals surface area contributed by atoms with Gasteiger partial charge in [0, 0.05) is 12.0 Å². The van der Waals surface area contributed by atoms with Gasteiger partial charge in [0.15, 0.2) is 0 Å². The second-order valence-corrected chi connectivity index (χ2v) is 7.68. The number of hydrogen-bond acceptors (Lipinski definition) is 5. The van der Waals surface area contributed by atoms with Gasteiger partial charge in [-0.1, -0.05) is 18.2 Å². The van der Waals surface area contributed by atoms with Gasteiger partial charge >= 0.3 is 5.69 Å². The summed E-state index contributed by atoms with van der Waals surface area (Å²) >= 11 is 0. The third-order valence-corrected chi connectivity index (χ3v) is 5.75. The van der Waals surface area contributed by atoms with E-state index in [4.69, 9.17) is 4.74 Å². The summed E-state index contributed by atoms with van der Waals surface area (Å²) in [5, 5.41) is 0.0971. The van der Waals surface area contributed by atoms with Crippen LogP contribution in [-0.4, -0.2) is 25.0 Å². The number of rotatable bonds is 3. The van der Waals surface area contributed by atoms with E-state index in [1.54, 1.807) is 6.07 Å². The topological polar surface area (TPSA) is 121 Å². The quantitative estimate of drug-likeness (QED) is 0.633. The summed E-state index contributed by atoms with van der Waals surface area (Å²) in [5.41, 5.74) is -0.244. The van der Waals surface area contributed by atoms with E-state index in [2.05, 4.69) is 14.7 Å². The number of H-pyrrole nitrogens is 2. The van der Waals surface area contributed by atoms with Gasteiger partial charge in [-0.15, -0.1) is 0 Å². The minimum atomic E-state index is -3.87. The van der Waals surface area contributed by atoms with Gasteiger partial charge < -0.3 is 9.72 Å². The van der Waals surface area contributed by atoms with Crippen LogP contribution in [0.5, 0.6) is 5.75 Å². The van der Waals surface area contributed by atoms with Crippen molar-refractivity contribution in [1.29, 1.82) is 0 Å². The zero-order valence-electron chi connectivity index (χ0n) is 13.5. The Balaban J connectivity index is 1.73. The van der Waals surface area contributed by atoms with Crippen LogP contribution in [0.1, 0.15) is 18.0 Å². The monoisotopic (exact) mass is 373 g/mol. The molecule has 1 atom stereocenters. The standard InChI is InChI=1S/C17H15N3O5S/c21-16-12-9-10(5-6-13(12)18-17(22)19-16)26(23,24)20-14-7-8-25-15-4-2-1-3-11(14)15/h1-6,9,14,20H,7-8H2,(H2,18,19,21,22).